The van der Waals surface area contributed by atoms with E-state index in [4.69, 9.17) is 0 Å². The molecule has 0 atom stereocenters. The second-order valence-corrected chi connectivity index (χ2v) is 5.94. The molecule has 2 aromatic carbocycles. The SMILES string of the molecule is [O]c1ccc(N2CCC(Nc3ccccc3C(F)(F)F)CC2)cc1. The Bertz CT molecular complexity index is 677. The molecule has 1 fully saturated rings. The molecule has 0 saturated carbocycles. The van der Waals surface area contributed by atoms with Gasteiger partial charge in [0, 0.05) is 30.5 Å². The van der Waals surface area contributed by atoms with Gasteiger partial charge in [0.1, 0.15) is 0 Å². The highest BCUT2D eigenvalue weighted by Gasteiger charge is 2.33. The zero-order chi connectivity index (χ0) is 17.2. The number of halogens is 3. The summed E-state index contributed by atoms with van der Waals surface area (Å²) in [4.78, 5) is 2.15. The van der Waals surface area contributed by atoms with E-state index in [1.807, 2.05) is 0 Å². The Morgan fingerprint density at radius 3 is 2.21 bits per heavy atom. The minimum atomic E-state index is -4.36. The Labute approximate surface area is 138 Å². The number of piperidine rings is 1. The van der Waals surface area contributed by atoms with Crippen molar-refractivity contribution in [2.24, 2.45) is 0 Å². The Morgan fingerprint density at radius 1 is 0.958 bits per heavy atom. The molecule has 1 N–H and O–H groups in total. The first-order chi connectivity index (χ1) is 11.4. The summed E-state index contributed by atoms with van der Waals surface area (Å²) in [7, 11) is 0. The van der Waals surface area contributed by atoms with Gasteiger partial charge in [0.2, 0.25) is 0 Å². The maximum absolute atomic E-state index is 13.0. The lowest BCUT2D eigenvalue weighted by Crippen LogP contribution is -2.39. The van der Waals surface area contributed by atoms with Gasteiger partial charge in [0.05, 0.1) is 5.56 Å². The van der Waals surface area contributed by atoms with Gasteiger partial charge in [-0.15, -0.1) is 0 Å². The van der Waals surface area contributed by atoms with E-state index in [9.17, 15) is 18.3 Å². The van der Waals surface area contributed by atoms with Crippen molar-refractivity contribution in [3.05, 3.63) is 54.1 Å². The van der Waals surface area contributed by atoms with E-state index in [1.54, 1.807) is 18.2 Å². The molecule has 2 aromatic rings. The van der Waals surface area contributed by atoms with Crippen LogP contribution in [0.25, 0.3) is 0 Å². The molecule has 1 saturated heterocycles. The van der Waals surface area contributed by atoms with Gasteiger partial charge < -0.3 is 10.2 Å². The topological polar surface area (TPSA) is 35.2 Å². The van der Waals surface area contributed by atoms with E-state index < -0.39 is 11.7 Å². The predicted molar refractivity (Wildman–Crippen MR) is 86.9 cm³/mol. The molecule has 0 bridgehead atoms. The molecule has 0 unspecified atom stereocenters. The molecular weight excluding hydrogens is 317 g/mol. The Hall–Kier alpha value is -2.37. The fourth-order valence-electron chi connectivity index (χ4n) is 3.02. The first kappa shape index (κ1) is 16.5. The van der Waals surface area contributed by atoms with Crippen LogP contribution in [0.1, 0.15) is 18.4 Å². The molecule has 0 spiro atoms. The van der Waals surface area contributed by atoms with Gasteiger partial charge in [0.15, 0.2) is 5.75 Å². The third-order valence-electron chi connectivity index (χ3n) is 4.29. The first-order valence-electron chi connectivity index (χ1n) is 7.88. The van der Waals surface area contributed by atoms with Crippen LogP contribution in [0, 0.1) is 0 Å². The van der Waals surface area contributed by atoms with Crippen LogP contribution in [-0.4, -0.2) is 19.1 Å². The molecule has 6 heteroatoms. The molecule has 0 aromatic heterocycles. The molecule has 1 aliphatic rings. The van der Waals surface area contributed by atoms with Crippen molar-refractivity contribution in [2.75, 3.05) is 23.3 Å². The molecule has 3 nitrogen and oxygen atoms in total. The summed E-state index contributed by atoms with van der Waals surface area (Å²) in [5.41, 5.74) is 0.487. The zero-order valence-electron chi connectivity index (χ0n) is 13.0. The molecule has 0 amide bonds. The number of nitrogens with one attached hydrogen (secondary N) is 1. The summed E-state index contributed by atoms with van der Waals surface area (Å²) in [6.45, 7) is 1.48. The van der Waals surface area contributed by atoms with Gasteiger partial charge in [-0.25, -0.2) is 0 Å². The lowest BCUT2D eigenvalue weighted by atomic mass is 10.0. The zero-order valence-corrected chi connectivity index (χ0v) is 13.0. The largest absolute Gasteiger partial charge is 0.418 e. The van der Waals surface area contributed by atoms with E-state index in [2.05, 4.69) is 10.2 Å². The number of para-hydroxylation sites is 1. The highest BCUT2D eigenvalue weighted by molar-refractivity contribution is 5.54. The minimum absolute atomic E-state index is 0.00327. The lowest BCUT2D eigenvalue weighted by Gasteiger charge is -2.34. The van der Waals surface area contributed by atoms with Crippen LogP contribution in [0.15, 0.2) is 48.5 Å². The fourth-order valence-corrected chi connectivity index (χ4v) is 3.02. The monoisotopic (exact) mass is 335 g/mol. The number of hydrogen-bond donors (Lipinski definition) is 1. The first-order valence-corrected chi connectivity index (χ1v) is 7.88. The number of nitrogens with zero attached hydrogens (tertiary/aromatic N) is 1. The van der Waals surface area contributed by atoms with Crippen molar-refractivity contribution in [2.45, 2.75) is 25.1 Å². The summed E-state index contributed by atoms with van der Waals surface area (Å²) in [6.07, 6.45) is -2.87. The van der Waals surface area contributed by atoms with E-state index in [-0.39, 0.29) is 17.5 Å². The lowest BCUT2D eigenvalue weighted by molar-refractivity contribution is -0.137. The number of anilines is 2. The molecule has 1 radical (unpaired) electrons. The molecule has 1 heterocycles. The maximum atomic E-state index is 13.0. The molecule has 1 aliphatic heterocycles. The molecule has 3 rings (SSSR count). The third kappa shape index (κ3) is 3.75. The van der Waals surface area contributed by atoms with Crippen LogP contribution in [0.2, 0.25) is 0 Å². The van der Waals surface area contributed by atoms with Crippen LogP contribution in [0.4, 0.5) is 24.5 Å². The van der Waals surface area contributed by atoms with E-state index in [1.165, 1.54) is 24.3 Å². The molecule has 127 valence electrons. The van der Waals surface area contributed by atoms with Crippen LogP contribution < -0.4 is 10.2 Å². The maximum Gasteiger partial charge on any atom is 0.418 e. The van der Waals surface area contributed by atoms with Crippen molar-refractivity contribution in [1.29, 1.82) is 0 Å². The molecular formula is C18H18F3N2O. The smallest absolute Gasteiger partial charge is 0.382 e. The second-order valence-electron chi connectivity index (χ2n) is 5.94. The highest BCUT2D eigenvalue weighted by Crippen LogP contribution is 2.35. The van der Waals surface area contributed by atoms with Crippen LogP contribution in [0.3, 0.4) is 0 Å². The molecule has 24 heavy (non-hydrogen) atoms. The summed E-state index contributed by atoms with van der Waals surface area (Å²) < 4.78 is 39.1. The van der Waals surface area contributed by atoms with Gasteiger partial charge in [-0.05, 0) is 49.2 Å². The predicted octanol–water partition coefficient (Wildman–Crippen LogP) is 4.93. The summed E-state index contributed by atoms with van der Waals surface area (Å²) in [6, 6.07) is 12.2. The van der Waals surface area contributed by atoms with Gasteiger partial charge in [0.25, 0.3) is 0 Å². The van der Waals surface area contributed by atoms with Crippen molar-refractivity contribution in [1.82, 2.24) is 0 Å². The van der Waals surface area contributed by atoms with Crippen molar-refractivity contribution < 1.29 is 18.3 Å². The van der Waals surface area contributed by atoms with Gasteiger partial charge in [-0.2, -0.15) is 13.2 Å². The highest BCUT2D eigenvalue weighted by atomic mass is 19.4. The van der Waals surface area contributed by atoms with Crippen molar-refractivity contribution in [3.8, 4) is 5.75 Å². The average molecular weight is 335 g/mol. The Balaban J connectivity index is 1.63. The van der Waals surface area contributed by atoms with E-state index in [0.717, 1.165) is 37.7 Å². The number of rotatable bonds is 3. The third-order valence-corrected chi connectivity index (χ3v) is 4.29. The summed E-state index contributed by atoms with van der Waals surface area (Å²) in [5, 5.41) is 14.2. The normalized spacial score (nSPS) is 16.2. The Morgan fingerprint density at radius 2 is 1.58 bits per heavy atom. The van der Waals surface area contributed by atoms with E-state index in [0.29, 0.717) is 0 Å². The van der Waals surface area contributed by atoms with Crippen LogP contribution >= 0.6 is 0 Å². The van der Waals surface area contributed by atoms with Crippen molar-refractivity contribution in [3.63, 3.8) is 0 Å². The summed E-state index contributed by atoms with van der Waals surface area (Å²) >= 11 is 0. The van der Waals surface area contributed by atoms with Gasteiger partial charge >= 0.3 is 6.18 Å². The standard InChI is InChI=1S/C18H18F3N2O/c19-18(20,21)16-3-1-2-4-17(16)22-13-9-11-23(12-10-13)14-5-7-15(24)8-6-14/h1-8,13,22H,9-12H2. The van der Waals surface area contributed by atoms with Crippen LogP contribution in [-0.2, 0) is 11.3 Å². The number of alkyl halides is 3. The van der Waals surface area contributed by atoms with Gasteiger partial charge in [-0.3, -0.25) is 5.11 Å². The number of benzene rings is 2. The van der Waals surface area contributed by atoms with E-state index >= 15 is 0 Å². The second kappa shape index (κ2) is 6.63. The molecule has 0 aliphatic carbocycles. The van der Waals surface area contributed by atoms with Gasteiger partial charge in [-0.1, -0.05) is 12.1 Å². The minimum Gasteiger partial charge on any atom is -0.382 e. The average Bonchev–Trinajstić information content (AvgIpc) is 2.56. The van der Waals surface area contributed by atoms with Crippen LogP contribution in [0.5, 0.6) is 5.75 Å². The number of hydrogen-bond acceptors (Lipinski definition) is 2. The van der Waals surface area contributed by atoms with Crippen molar-refractivity contribution >= 4 is 11.4 Å². The summed E-state index contributed by atoms with van der Waals surface area (Å²) in [5.74, 6) is -0.0286. The Kier molecular flexibility index (Phi) is 4.55. The fraction of sp³-hybridized carbons (Fsp3) is 0.333. The quantitative estimate of drug-likeness (QED) is 0.863.